The Bertz CT molecular complexity index is 844. The van der Waals surface area contributed by atoms with E-state index in [0.717, 1.165) is 36.2 Å². The molecule has 0 saturated carbocycles. The average Bonchev–Trinajstić information content (AvgIpc) is 3.17. The van der Waals surface area contributed by atoms with Gasteiger partial charge in [0.05, 0.1) is 10.7 Å². The Hall–Kier alpha value is -1.56. The maximum atomic E-state index is 13.0. The van der Waals surface area contributed by atoms with Crippen LogP contribution in [0.15, 0.2) is 18.2 Å². The molecular weight excluding hydrogens is 371 g/mol. The summed E-state index contributed by atoms with van der Waals surface area (Å²) in [5.74, 6) is -0.0755. The van der Waals surface area contributed by atoms with Crippen LogP contribution in [-0.2, 0) is 12.8 Å². The Labute approximate surface area is 164 Å². The highest BCUT2D eigenvalue weighted by atomic mass is 35.5. The van der Waals surface area contributed by atoms with Crippen LogP contribution in [0, 0.1) is 5.41 Å². The largest absolute Gasteiger partial charge is 0.340 e. The van der Waals surface area contributed by atoms with Crippen LogP contribution in [-0.4, -0.2) is 40.7 Å². The molecule has 7 heteroatoms. The van der Waals surface area contributed by atoms with E-state index in [1.54, 1.807) is 28.8 Å². The number of hydrogen-bond acceptors (Lipinski definition) is 3. The first kappa shape index (κ1) is 19.2. The SMILES string of the molecule is CN(CC(C)(C)CN)C(=O)c1nn(-c2ccc(Cl)cc2Cl)c2c1CCC2. The van der Waals surface area contributed by atoms with Gasteiger partial charge in [-0.15, -0.1) is 0 Å². The molecule has 0 aliphatic heterocycles. The highest BCUT2D eigenvalue weighted by molar-refractivity contribution is 6.35. The molecule has 1 aliphatic rings. The highest BCUT2D eigenvalue weighted by Crippen LogP contribution is 2.32. The number of amides is 1. The van der Waals surface area contributed by atoms with Gasteiger partial charge in [0, 0.05) is 29.9 Å². The predicted octanol–water partition coefficient (Wildman–Crippen LogP) is 3.72. The lowest BCUT2D eigenvalue weighted by Crippen LogP contribution is -2.40. The van der Waals surface area contributed by atoms with Gasteiger partial charge in [-0.3, -0.25) is 4.79 Å². The first-order valence-electron chi connectivity index (χ1n) is 8.75. The number of nitrogens with zero attached hydrogens (tertiary/aromatic N) is 3. The molecule has 1 aliphatic carbocycles. The molecule has 1 heterocycles. The minimum Gasteiger partial charge on any atom is -0.340 e. The van der Waals surface area contributed by atoms with Gasteiger partial charge < -0.3 is 10.6 Å². The van der Waals surface area contributed by atoms with Gasteiger partial charge in [-0.2, -0.15) is 5.10 Å². The van der Waals surface area contributed by atoms with Crippen molar-refractivity contribution in [3.8, 4) is 5.69 Å². The Balaban J connectivity index is 1.98. The van der Waals surface area contributed by atoms with Crippen molar-refractivity contribution in [1.29, 1.82) is 0 Å². The van der Waals surface area contributed by atoms with Crippen molar-refractivity contribution < 1.29 is 4.79 Å². The smallest absolute Gasteiger partial charge is 0.274 e. The zero-order chi connectivity index (χ0) is 19.1. The first-order chi connectivity index (χ1) is 12.2. The fourth-order valence-corrected chi connectivity index (χ4v) is 3.91. The Kier molecular flexibility index (Phi) is 5.33. The summed E-state index contributed by atoms with van der Waals surface area (Å²) >= 11 is 12.4. The van der Waals surface area contributed by atoms with Crippen LogP contribution >= 0.6 is 23.2 Å². The molecule has 3 rings (SSSR count). The lowest BCUT2D eigenvalue weighted by Gasteiger charge is -2.28. The fraction of sp³-hybridized carbons (Fsp3) is 0.474. The third kappa shape index (κ3) is 3.61. The number of hydrogen-bond donors (Lipinski definition) is 1. The lowest BCUT2D eigenvalue weighted by molar-refractivity contribution is 0.0733. The molecule has 1 aromatic heterocycles. The van der Waals surface area contributed by atoms with E-state index in [-0.39, 0.29) is 11.3 Å². The van der Waals surface area contributed by atoms with Gasteiger partial charge in [0.2, 0.25) is 0 Å². The van der Waals surface area contributed by atoms with E-state index in [9.17, 15) is 4.79 Å². The lowest BCUT2D eigenvalue weighted by atomic mass is 9.93. The summed E-state index contributed by atoms with van der Waals surface area (Å²) in [6.07, 6.45) is 2.75. The van der Waals surface area contributed by atoms with Gasteiger partial charge in [0.1, 0.15) is 0 Å². The fourth-order valence-electron chi connectivity index (χ4n) is 3.42. The summed E-state index contributed by atoms with van der Waals surface area (Å²) in [7, 11) is 1.80. The molecule has 0 fully saturated rings. The minimum atomic E-state index is -0.143. The molecule has 0 spiro atoms. The maximum absolute atomic E-state index is 13.0. The average molecular weight is 395 g/mol. The van der Waals surface area contributed by atoms with Gasteiger partial charge in [-0.05, 0) is 49.4 Å². The third-order valence-corrected chi connectivity index (χ3v) is 5.37. The third-order valence-electron chi connectivity index (χ3n) is 4.84. The molecule has 2 N–H and O–H groups in total. The van der Waals surface area contributed by atoms with Crippen LogP contribution in [0.25, 0.3) is 5.69 Å². The van der Waals surface area contributed by atoms with E-state index in [2.05, 4.69) is 5.10 Å². The molecule has 1 aromatic carbocycles. The summed E-state index contributed by atoms with van der Waals surface area (Å²) in [5.41, 5.74) is 9.01. The van der Waals surface area contributed by atoms with Crippen molar-refractivity contribution >= 4 is 29.1 Å². The van der Waals surface area contributed by atoms with Crippen LogP contribution < -0.4 is 5.73 Å². The van der Waals surface area contributed by atoms with E-state index in [0.29, 0.717) is 28.8 Å². The highest BCUT2D eigenvalue weighted by Gasteiger charge is 2.30. The van der Waals surface area contributed by atoms with Gasteiger partial charge in [0.25, 0.3) is 5.91 Å². The predicted molar refractivity (Wildman–Crippen MR) is 105 cm³/mol. The summed E-state index contributed by atoms with van der Waals surface area (Å²) in [4.78, 5) is 14.7. The number of nitrogens with two attached hydrogens (primary N) is 1. The van der Waals surface area contributed by atoms with Crippen LogP contribution in [0.3, 0.4) is 0 Å². The van der Waals surface area contributed by atoms with Crippen molar-refractivity contribution in [2.75, 3.05) is 20.1 Å². The zero-order valence-corrected chi connectivity index (χ0v) is 16.9. The molecule has 0 atom stereocenters. The summed E-state index contributed by atoms with van der Waals surface area (Å²) in [6, 6.07) is 5.31. The first-order valence-corrected chi connectivity index (χ1v) is 9.51. The van der Waals surface area contributed by atoms with E-state index < -0.39 is 0 Å². The summed E-state index contributed by atoms with van der Waals surface area (Å²) < 4.78 is 1.80. The molecule has 26 heavy (non-hydrogen) atoms. The van der Waals surface area contributed by atoms with Crippen molar-refractivity contribution in [3.63, 3.8) is 0 Å². The van der Waals surface area contributed by atoms with Crippen LogP contribution in [0.4, 0.5) is 0 Å². The number of rotatable bonds is 5. The van der Waals surface area contributed by atoms with Crippen molar-refractivity contribution in [2.45, 2.75) is 33.1 Å². The number of fused-ring (bicyclic) bond motifs is 1. The normalized spacial score (nSPS) is 13.8. The molecule has 2 aromatic rings. The molecule has 0 unspecified atom stereocenters. The topological polar surface area (TPSA) is 64.2 Å². The molecule has 0 radical (unpaired) electrons. The number of halogens is 2. The molecule has 0 bridgehead atoms. The Morgan fingerprint density at radius 3 is 2.73 bits per heavy atom. The number of benzene rings is 1. The Morgan fingerprint density at radius 1 is 1.35 bits per heavy atom. The zero-order valence-electron chi connectivity index (χ0n) is 15.4. The van der Waals surface area contributed by atoms with E-state index >= 15 is 0 Å². The standard InChI is InChI=1S/C19H24Cl2N4O/c1-19(2,10-22)11-24(3)18(26)17-13-5-4-6-15(13)25(23-17)16-8-7-12(20)9-14(16)21/h7-9H,4-6,10-11,22H2,1-3H3. The van der Waals surface area contributed by atoms with E-state index in [1.807, 2.05) is 19.9 Å². The second kappa shape index (κ2) is 7.22. The molecular formula is C19H24Cl2N4O. The second-order valence-electron chi connectivity index (χ2n) is 7.66. The number of carbonyl (C=O) groups excluding carboxylic acids is 1. The van der Waals surface area contributed by atoms with Gasteiger partial charge in [-0.1, -0.05) is 37.0 Å². The minimum absolute atomic E-state index is 0.0755. The van der Waals surface area contributed by atoms with Crippen LogP contribution in [0.1, 0.15) is 42.0 Å². The van der Waals surface area contributed by atoms with Crippen LogP contribution in [0.2, 0.25) is 10.0 Å². The van der Waals surface area contributed by atoms with E-state index in [1.165, 1.54) is 0 Å². The van der Waals surface area contributed by atoms with Gasteiger partial charge in [0.15, 0.2) is 5.69 Å². The van der Waals surface area contributed by atoms with Crippen molar-refractivity contribution in [2.24, 2.45) is 11.1 Å². The summed E-state index contributed by atoms with van der Waals surface area (Å²) in [5, 5.41) is 5.73. The molecule has 0 saturated heterocycles. The number of aromatic nitrogens is 2. The number of carbonyl (C=O) groups is 1. The van der Waals surface area contributed by atoms with Gasteiger partial charge in [-0.25, -0.2) is 4.68 Å². The second-order valence-corrected chi connectivity index (χ2v) is 8.51. The molecule has 1 amide bonds. The van der Waals surface area contributed by atoms with Crippen LogP contribution in [0.5, 0.6) is 0 Å². The van der Waals surface area contributed by atoms with Crippen molar-refractivity contribution in [3.05, 3.63) is 45.2 Å². The Morgan fingerprint density at radius 2 is 2.08 bits per heavy atom. The maximum Gasteiger partial charge on any atom is 0.274 e. The monoisotopic (exact) mass is 394 g/mol. The van der Waals surface area contributed by atoms with Gasteiger partial charge >= 0.3 is 0 Å². The van der Waals surface area contributed by atoms with Crippen molar-refractivity contribution in [1.82, 2.24) is 14.7 Å². The summed E-state index contributed by atoms with van der Waals surface area (Å²) in [6.45, 7) is 5.18. The molecule has 140 valence electrons. The van der Waals surface area contributed by atoms with E-state index in [4.69, 9.17) is 28.9 Å². The quantitative estimate of drug-likeness (QED) is 0.839. The molecule has 5 nitrogen and oxygen atoms in total.